The molecule has 1 aromatic heterocycles. The zero-order chi connectivity index (χ0) is 14.7. The molecule has 0 radical (unpaired) electrons. The summed E-state index contributed by atoms with van der Waals surface area (Å²) in [7, 11) is 0. The zero-order valence-electron chi connectivity index (χ0n) is 11.5. The van der Waals surface area contributed by atoms with E-state index in [0.717, 1.165) is 5.56 Å². The van der Waals surface area contributed by atoms with Crippen molar-refractivity contribution in [3.63, 3.8) is 0 Å². The van der Waals surface area contributed by atoms with Gasteiger partial charge in [0.05, 0.1) is 6.10 Å². The lowest BCUT2D eigenvalue weighted by Gasteiger charge is -2.10. The molecule has 3 N–H and O–H groups in total. The average molecular weight is 277 g/mol. The standard InChI is InChI=1S/C13H16FN5O/c1-7(2)20-13-18-11(15)17-12(19-13)16-10-5-8(3)4-9(14)6-10/h4-7H,1-3H3,(H3,15,16,17,18,19). The van der Waals surface area contributed by atoms with Crippen LogP contribution in [0.1, 0.15) is 19.4 Å². The van der Waals surface area contributed by atoms with Gasteiger partial charge >= 0.3 is 6.01 Å². The molecule has 6 nitrogen and oxygen atoms in total. The summed E-state index contributed by atoms with van der Waals surface area (Å²) in [6.07, 6.45) is -0.0823. The van der Waals surface area contributed by atoms with Gasteiger partial charge in [-0.15, -0.1) is 0 Å². The van der Waals surface area contributed by atoms with Crippen LogP contribution < -0.4 is 15.8 Å². The highest BCUT2D eigenvalue weighted by Crippen LogP contribution is 2.18. The lowest BCUT2D eigenvalue weighted by Crippen LogP contribution is -2.11. The molecule has 0 atom stereocenters. The zero-order valence-corrected chi connectivity index (χ0v) is 11.5. The third kappa shape index (κ3) is 3.78. The van der Waals surface area contributed by atoms with Gasteiger partial charge < -0.3 is 15.8 Å². The van der Waals surface area contributed by atoms with E-state index < -0.39 is 0 Å². The summed E-state index contributed by atoms with van der Waals surface area (Å²) < 4.78 is 18.7. The smallest absolute Gasteiger partial charge is 0.323 e. The number of benzene rings is 1. The Morgan fingerprint density at radius 3 is 2.60 bits per heavy atom. The van der Waals surface area contributed by atoms with E-state index in [0.29, 0.717) is 5.69 Å². The van der Waals surface area contributed by atoms with Gasteiger partial charge in [0, 0.05) is 5.69 Å². The van der Waals surface area contributed by atoms with Crippen LogP contribution in [0, 0.1) is 12.7 Å². The van der Waals surface area contributed by atoms with Gasteiger partial charge in [-0.3, -0.25) is 0 Å². The number of hydrogen-bond donors (Lipinski definition) is 2. The van der Waals surface area contributed by atoms with Gasteiger partial charge in [-0.25, -0.2) is 4.39 Å². The van der Waals surface area contributed by atoms with E-state index in [4.69, 9.17) is 10.5 Å². The van der Waals surface area contributed by atoms with Crippen molar-refractivity contribution in [1.82, 2.24) is 15.0 Å². The molecule has 0 spiro atoms. The van der Waals surface area contributed by atoms with Crippen molar-refractivity contribution < 1.29 is 9.13 Å². The highest BCUT2D eigenvalue weighted by Gasteiger charge is 2.08. The predicted octanol–water partition coefficient (Wildman–Crippen LogP) is 2.43. The second-order valence-corrected chi connectivity index (χ2v) is 4.61. The molecule has 2 rings (SSSR count). The molecule has 7 heteroatoms. The first-order valence-electron chi connectivity index (χ1n) is 6.15. The Labute approximate surface area is 116 Å². The molecule has 2 aromatic rings. The van der Waals surface area contributed by atoms with Crippen LogP contribution in [0.4, 0.5) is 22.0 Å². The SMILES string of the molecule is Cc1cc(F)cc(Nc2nc(N)nc(OC(C)C)n2)c1. The molecule has 0 bridgehead atoms. The van der Waals surface area contributed by atoms with E-state index in [-0.39, 0.29) is 29.8 Å². The van der Waals surface area contributed by atoms with Crippen LogP contribution in [0.5, 0.6) is 6.01 Å². The van der Waals surface area contributed by atoms with Crippen LogP contribution >= 0.6 is 0 Å². The molecular weight excluding hydrogens is 261 g/mol. The molecular formula is C13H16FN5O. The van der Waals surface area contributed by atoms with Crippen molar-refractivity contribution in [3.8, 4) is 6.01 Å². The summed E-state index contributed by atoms with van der Waals surface area (Å²) in [6, 6.07) is 4.67. The van der Waals surface area contributed by atoms with Gasteiger partial charge in [0.1, 0.15) is 5.82 Å². The predicted molar refractivity (Wildman–Crippen MR) is 74.4 cm³/mol. The number of nitrogens with one attached hydrogen (secondary N) is 1. The summed E-state index contributed by atoms with van der Waals surface area (Å²) in [5.74, 6) is -0.0994. The first kappa shape index (κ1) is 14.0. The van der Waals surface area contributed by atoms with E-state index in [9.17, 15) is 4.39 Å². The number of rotatable bonds is 4. The maximum atomic E-state index is 13.3. The number of ether oxygens (including phenoxy) is 1. The lowest BCUT2D eigenvalue weighted by molar-refractivity contribution is 0.222. The van der Waals surface area contributed by atoms with Crippen LogP contribution in [0.2, 0.25) is 0 Å². The number of aryl methyl sites for hydroxylation is 1. The number of nitrogen functional groups attached to an aromatic ring is 1. The summed E-state index contributed by atoms with van der Waals surface area (Å²) in [5.41, 5.74) is 6.91. The number of halogens is 1. The summed E-state index contributed by atoms with van der Waals surface area (Å²) in [4.78, 5) is 11.9. The van der Waals surface area contributed by atoms with E-state index in [1.165, 1.54) is 12.1 Å². The molecule has 20 heavy (non-hydrogen) atoms. The first-order chi connectivity index (χ1) is 9.42. The van der Waals surface area contributed by atoms with Gasteiger partial charge in [-0.2, -0.15) is 15.0 Å². The molecule has 0 amide bonds. The molecule has 1 heterocycles. The van der Waals surface area contributed by atoms with E-state index in [2.05, 4.69) is 20.3 Å². The highest BCUT2D eigenvalue weighted by atomic mass is 19.1. The molecule has 106 valence electrons. The Bertz CT molecular complexity index is 597. The van der Waals surface area contributed by atoms with E-state index in [1.807, 2.05) is 13.8 Å². The van der Waals surface area contributed by atoms with E-state index in [1.54, 1.807) is 13.0 Å². The molecule has 0 saturated heterocycles. The number of hydrogen-bond acceptors (Lipinski definition) is 6. The Morgan fingerprint density at radius 1 is 1.20 bits per heavy atom. The van der Waals surface area contributed by atoms with Crippen molar-refractivity contribution in [3.05, 3.63) is 29.6 Å². The Balaban J connectivity index is 2.26. The second kappa shape index (κ2) is 5.68. The van der Waals surface area contributed by atoms with Gasteiger partial charge in [0.2, 0.25) is 11.9 Å². The number of anilines is 3. The van der Waals surface area contributed by atoms with Gasteiger partial charge in [0.25, 0.3) is 0 Å². The summed E-state index contributed by atoms with van der Waals surface area (Å²) in [6.45, 7) is 5.50. The molecule has 0 aliphatic carbocycles. The Kier molecular flexibility index (Phi) is 3.97. The van der Waals surface area contributed by atoms with Crippen LogP contribution in [0.25, 0.3) is 0 Å². The Morgan fingerprint density at radius 2 is 1.95 bits per heavy atom. The molecule has 1 aromatic carbocycles. The third-order valence-corrected chi connectivity index (χ3v) is 2.27. The van der Waals surface area contributed by atoms with Gasteiger partial charge in [-0.05, 0) is 44.5 Å². The minimum atomic E-state index is -0.340. The quantitative estimate of drug-likeness (QED) is 0.892. The van der Waals surface area contributed by atoms with Crippen LogP contribution in [0.15, 0.2) is 18.2 Å². The molecule has 0 fully saturated rings. The number of nitrogens with two attached hydrogens (primary N) is 1. The second-order valence-electron chi connectivity index (χ2n) is 4.61. The monoisotopic (exact) mass is 277 g/mol. The normalized spacial score (nSPS) is 10.7. The van der Waals surface area contributed by atoms with Crippen molar-refractivity contribution in [2.75, 3.05) is 11.1 Å². The molecule has 0 aliphatic rings. The molecule has 0 unspecified atom stereocenters. The van der Waals surface area contributed by atoms with Crippen LogP contribution in [-0.4, -0.2) is 21.1 Å². The maximum Gasteiger partial charge on any atom is 0.323 e. The van der Waals surface area contributed by atoms with Crippen molar-refractivity contribution in [1.29, 1.82) is 0 Å². The Hall–Kier alpha value is -2.44. The largest absolute Gasteiger partial charge is 0.461 e. The fraction of sp³-hybridized carbons (Fsp3) is 0.308. The lowest BCUT2D eigenvalue weighted by atomic mass is 10.2. The minimum Gasteiger partial charge on any atom is -0.461 e. The molecule has 0 aliphatic heterocycles. The van der Waals surface area contributed by atoms with Gasteiger partial charge in [-0.1, -0.05) is 0 Å². The summed E-state index contributed by atoms with van der Waals surface area (Å²) >= 11 is 0. The van der Waals surface area contributed by atoms with E-state index >= 15 is 0 Å². The first-order valence-corrected chi connectivity index (χ1v) is 6.15. The number of nitrogens with zero attached hydrogens (tertiary/aromatic N) is 3. The third-order valence-electron chi connectivity index (χ3n) is 2.27. The minimum absolute atomic E-state index is 0.0336. The van der Waals surface area contributed by atoms with Crippen molar-refractivity contribution in [2.24, 2.45) is 0 Å². The topological polar surface area (TPSA) is 86.0 Å². The fourth-order valence-corrected chi connectivity index (χ4v) is 1.63. The van der Waals surface area contributed by atoms with Crippen LogP contribution in [-0.2, 0) is 0 Å². The fourth-order valence-electron chi connectivity index (χ4n) is 1.63. The van der Waals surface area contributed by atoms with Gasteiger partial charge in [0.15, 0.2) is 0 Å². The molecule has 0 saturated carbocycles. The maximum absolute atomic E-state index is 13.3. The van der Waals surface area contributed by atoms with Crippen molar-refractivity contribution in [2.45, 2.75) is 26.9 Å². The highest BCUT2D eigenvalue weighted by molar-refractivity contribution is 5.55. The number of aromatic nitrogens is 3. The van der Waals surface area contributed by atoms with Crippen LogP contribution in [0.3, 0.4) is 0 Å². The van der Waals surface area contributed by atoms with Crippen molar-refractivity contribution >= 4 is 17.6 Å². The summed E-state index contributed by atoms with van der Waals surface area (Å²) in [5, 5.41) is 2.88. The average Bonchev–Trinajstić information content (AvgIpc) is 2.24.